The van der Waals surface area contributed by atoms with Gasteiger partial charge in [0, 0.05) is 43.3 Å². The molecule has 0 aliphatic carbocycles. The average molecular weight is 466 g/mol. The molecule has 0 spiro atoms. The molecule has 1 aromatic carbocycles. The molecule has 0 bridgehead atoms. The van der Waals surface area contributed by atoms with Crippen LogP contribution < -0.4 is 10.2 Å². The van der Waals surface area contributed by atoms with Gasteiger partial charge in [-0.25, -0.2) is 8.42 Å². The lowest BCUT2D eigenvalue weighted by Crippen LogP contribution is -2.41. The lowest BCUT2D eigenvalue weighted by atomic mass is 10.1. The number of hydrogen-bond donors (Lipinski definition) is 1. The second kappa shape index (κ2) is 10.1. The van der Waals surface area contributed by atoms with Gasteiger partial charge < -0.3 is 19.7 Å². The van der Waals surface area contributed by atoms with Crippen molar-refractivity contribution in [1.29, 1.82) is 0 Å². The van der Waals surface area contributed by atoms with Gasteiger partial charge in [-0.2, -0.15) is 4.31 Å². The van der Waals surface area contributed by atoms with Crippen LogP contribution in [0.1, 0.15) is 15.2 Å². The fraction of sp³-hybridized carbons (Fsp3) is 0.476. The van der Waals surface area contributed by atoms with Crippen molar-refractivity contribution in [3.63, 3.8) is 0 Å². The third-order valence-electron chi connectivity index (χ3n) is 5.41. The monoisotopic (exact) mass is 465 g/mol. The van der Waals surface area contributed by atoms with Crippen LogP contribution in [0.2, 0.25) is 0 Å². The Balaban J connectivity index is 1.58. The summed E-state index contributed by atoms with van der Waals surface area (Å²) in [6.45, 7) is 4.34. The van der Waals surface area contributed by atoms with Crippen molar-refractivity contribution in [2.75, 3.05) is 64.1 Å². The highest BCUT2D eigenvalue weighted by molar-refractivity contribution is 7.89. The summed E-state index contributed by atoms with van der Waals surface area (Å²) < 4.78 is 38.4. The molecule has 1 aromatic heterocycles. The summed E-state index contributed by atoms with van der Waals surface area (Å²) in [6, 6.07) is 8.87. The molecule has 31 heavy (non-hydrogen) atoms. The van der Waals surface area contributed by atoms with Crippen LogP contribution in [0.25, 0.3) is 0 Å². The van der Waals surface area contributed by atoms with Crippen molar-refractivity contribution < 1.29 is 22.7 Å². The Hall–Kier alpha value is -1.98. The number of anilines is 1. The Morgan fingerprint density at radius 3 is 2.42 bits per heavy atom. The first-order valence-electron chi connectivity index (χ1n) is 10.4. The summed E-state index contributed by atoms with van der Waals surface area (Å²) in [5.41, 5.74) is 1.11. The number of sulfonamides is 1. The van der Waals surface area contributed by atoms with E-state index >= 15 is 0 Å². The van der Waals surface area contributed by atoms with Crippen molar-refractivity contribution in [1.82, 2.24) is 9.62 Å². The van der Waals surface area contributed by atoms with Crippen LogP contribution in [0, 0.1) is 0 Å². The van der Waals surface area contributed by atoms with Gasteiger partial charge in [0.15, 0.2) is 0 Å². The van der Waals surface area contributed by atoms with Gasteiger partial charge in [0.25, 0.3) is 5.91 Å². The zero-order chi connectivity index (χ0) is 21.7. The summed E-state index contributed by atoms with van der Waals surface area (Å²) in [5.74, 6) is -0.267. The number of amides is 1. The molecule has 8 nitrogen and oxygen atoms in total. The van der Waals surface area contributed by atoms with Gasteiger partial charge in [0.05, 0.1) is 36.9 Å². The van der Waals surface area contributed by atoms with E-state index in [4.69, 9.17) is 9.47 Å². The molecule has 0 atom stereocenters. The molecular formula is C21H27N3O5S2. The van der Waals surface area contributed by atoms with E-state index in [0.29, 0.717) is 64.7 Å². The summed E-state index contributed by atoms with van der Waals surface area (Å²) in [4.78, 5) is 16.5. The molecule has 1 amide bonds. The van der Waals surface area contributed by atoms with Gasteiger partial charge in [-0.15, -0.1) is 11.3 Å². The first-order chi connectivity index (χ1) is 15.1. The summed E-state index contributed by atoms with van der Waals surface area (Å²) >= 11 is 1.65. The van der Waals surface area contributed by atoms with Crippen LogP contribution in [0.5, 0.6) is 0 Å². The zero-order valence-electron chi connectivity index (χ0n) is 17.3. The summed E-state index contributed by atoms with van der Waals surface area (Å²) in [6.07, 6.45) is 0.738. The lowest BCUT2D eigenvalue weighted by Gasteiger charge is -2.31. The second-order valence-electron chi connectivity index (χ2n) is 7.38. The first kappa shape index (κ1) is 22.2. The van der Waals surface area contributed by atoms with Crippen LogP contribution in [0.4, 0.5) is 5.69 Å². The second-order valence-corrected chi connectivity index (χ2v) is 10.4. The van der Waals surface area contributed by atoms with E-state index in [9.17, 15) is 13.2 Å². The van der Waals surface area contributed by atoms with Crippen molar-refractivity contribution in [3.8, 4) is 0 Å². The van der Waals surface area contributed by atoms with Gasteiger partial charge in [-0.05, 0) is 36.1 Å². The molecule has 2 aliphatic rings. The molecule has 0 radical (unpaired) electrons. The highest BCUT2D eigenvalue weighted by Gasteiger charge is 2.28. The standard InChI is InChI=1S/C21H27N3O5S2/c25-21(22-6-5-17-2-1-15-30-17)19-16-18(31(26,27)24-9-13-29-14-10-24)3-4-20(19)23-7-11-28-12-8-23/h1-4,15-16H,5-14H2,(H,22,25). The Morgan fingerprint density at radius 2 is 1.74 bits per heavy atom. The van der Waals surface area contributed by atoms with Crippen molar-refractivity contribution in [2.24, 2.45) is 0 Å². The predicted octanol–water partition coefficient (Wildman–Crippen LogP) is 1.58. The van der Waals surface area contributed by atoms with E-state index in [1.807, 2.05) is 17.5 Å². The molecule has 0 unspecified atom stereocenters. The number of carbonyl (C=O) groups excluding carboxylic acids is 1. The molecule has 1 N–H and O–H groups in total. The fourth-order valence-corrected chi connectivity index (χ4v) is 5.87. The highest BCUT2D eigenvalue weighted by Crippen LogP contribution is 2.27. The zero-order valence-corrected chi connectivity index (χ0v) is 18.9. The number of benzene rings is 1. The highest BCUT2D eigenvalue weighted by atomic mass is 32.2. The summed E-state index contributed by atoms with van der Waals surface area (Å²) in [7, 11) is -3.69. The number of ether oxygens (including phenoxy) is 2. The average Bonchev–Trinajstić information content (AvgIpc) is 3.33. The third-order valence-corrected chi connectivity index (χ3v) is 8.24. The number of nitrogens with one attached hydrogen (secondary N) is 1. The molecule has 2 aromatic rings. The third kappa shape index (κ3) is 5.27. The van der Waals surface area contributed by atoms with E-state index in [2.05, 4.69) is 10.2 Å². The largest absolute Gasteiger partial charge is 0.379 e. The molecule has 2 saturated heterocycles. The maximum Gasteiger partial charge on any atom is 0.253 e. The number of morpholine rings is 2. The maximum atomic E-state index is 13.1. The Bertz CT molecular complexity index is 982. The maximum absolute atomic E-state index is 13.1. The molecular weight excluding hydrogens is 438 g/mol. The first-order valence-corrected chi connectivity index (χ1v) is 12.7. The number of rotatable bonds is 7. The van der Waals surface area contributed by atoms with Gasteiger partial charge in [0.1, 0.15) is 0 Å². The minimum Gasteiger partial charge on any atom is -0.379 e. The quantitative estimate of drug-likeness (QED) is 0.668. The normalized spacial score (nSPS) is 18.1. The van der Waals surface area contributed by atoms with Gasteiger partial charge in [0.2, 0.25) is 10.0 Å². The van der Waals surface area contributed by atoms with E-state index in [-0.39, 0.29) is 10.8 Å². The van der Waals surface area contributed by atoms with Crippen molar-refractivity contribution in [3.05, 3.63) is 46.2 Å². The Morgan fingerprint density at radius 1 is 1.03 bits per heavy atom. The molecule has 10 heteroatoms. The molecule has 0 saturated carbocycles. The lowest BCUT2D eigenvalue weighted by molar-refractivity contribution is 0.0730. The van der Waals surface area contributed by atoms with E-state index in [1.54, 1.807) is 23.5 Å². The smallest absolute Gasteiger partial charge is 0.253 e. The van der Waals surface area contributed by atoms with Gasteiger partial charge in [-0.3, -0.25) is 4.79 Å². The topological polar surface area (TPSA) is 88.2 Å². The SMILES string of the molecule is O=C(NCCc1cccs1)c1cc(S(=O)(=O)N2CCOCC2)ccc1N1CCOCC1. The van der Waals surface area contributed by atoms with Crippen molar-refractivity contribution >= 4 is 33.0 Å². The van der Waals surface area contributed by atoms with Crippen LogP contribution >= 0.6 is 11.3 Å². The molecule has 2 aliphatic heterocycles. The van der Waals surface area contributed by atoms with E-state index in [0.717, 1.165) is 12.1 Å². The van der Waals surface area contributed by atoms with Gasteiger partial charge in [-0.1, -0.05) is 6.07 Å². The predicted molar refractivity (Wildman–Crippen MR) is 119 cm³/mol. The van der Waals surface area contributed by atoms with E-state index in [1.165, 1.54) is 15.2 Å². The number of nitrogens with zero attached hydrogens (tertiary/aromatic N) is 2. The van der Waals surface area contributed by atoms with E-state index < -0.39 is 10.0 Å². The Kier molecular flexibility index (Phi) is 7.24. The number of thiophene rings is 1. The molecule has 2 fully saturated rings. The van der Waals surface area contributed by atoms with Crippen molar-refractivity contribution in [2.45, 2.75) is 11.3 Å². The molecule has 4 rings (SSSR count). The fourth-order valence-electron chi connectivity index (χ4n) is 3.72. The molecule has 3 heterocycles. The van der Waals surface area contributed by atoms with Crippen LogP contribution in [-0.2, 0) is 25.9 Å². The summed E-state index contributed by atoms with van der Waals surface area (Å²) in [5, 5.41) is 4.96. The van der Waals surface area contributed by atoms with Crippen LogP contribution in [0.15, 0.2) is 40.6 Å². The molecule has 168 valence electrons. The number of hydrogen-bond acceptors (Lipinski definition) is 7. The van der Waals surface area contributed by atoms with Crippen LogP contribution in [-0.4, -0.2) is 77.8 Å². The number of carbonyl (C=O) groups is 1. The minimum atomic E-state index is -3.69. The van der Waals surface area contributed by atoms with Crippen LogP contribution in [0.3, 0.4) is 0 Å². The minimum absolute atomic E-state index is 0.134. The van der Waals surface area contributed by atoms with Gasteiger partial charge >= 0.3 is 0 Å². The Labute approximate surface area is 186 Å².